The highest BCUT2D eigenvalue weighted by molar-refractivity contribution is 4.98. The summed E-state index contributed by atoms with van der Waals surface area (Å²) in [5.74, 6) is 0.996. The largest absolute Gasteiger partial charge is 0.311 e. The molecule has 2 saturated carbocycles. The first-order chi connectivity index (χ1) is 7.14. The van der Waals surface area contributed by atoms with Crippen LogP contribution in [0.3, 0.4) is 0 Å². The molecule has 2 aliphatic rings. The summed E-state index contributed by atoms with van der Waals surface area (Å²) in [6.07, 6.45) is 10.0. The molecule has 2 fully saturated rings. The zero-order valence-electron chi connectivity index (χ0n) is 10.7. The average molecular weight is 209 g/mol. The Morgan fingerprint density at radius 1 is 1.33 bits per heavy atom. The van der Waals surface area contributed by atoms with Crippen molar-refractivity contribution in [1.29, 1.82) is 0 Å². The number of rotatable bonds is 4. The van der Waals surface area contributed by atoms with Crippen molar-refractivity contribution >= 4 is 0 Å². The van der Waals surface area contributed by atoms with Crippen molar-refractivity contribution in [1.82, 2.24) is 5.32 Å². The predicted octanol–water partition coefficient (Wildman–Crippen LogP) is 3.73. The fraction of sp³-hybridized carbons (Fsp3) is 1.00. The first kappa shape index (κ1) is 11.4. The van der Waals surface area contributed by atoms with Gasteiger partial charge < -0.3 is 5.32 Å². The van der Waals surface area contributed by atoms with Crippen LogP contribution in [0.2, 0.25) is 0 Å². The van der Waals surface area contributed by atoms with Gasteiger partial charge in [0, 0.05) is 12.1 Å². The molecular formula is C14H27N. The topological polar surface area (TPSA) is 12.0 Å². The Balaban J connectivity index is 1.78. The molecule has 1 nitrogen and oxygen atoms in total. The van der Waals surface area contributed by atoms with Crippen molar-refractivity contribution in [2.24, 2.45) is 11.3 Å². The molecule has 0 bridgehead atoms. The molecule has 1 heteroatoms. The Kier molecular flexibility index (Phi) is 3.39. The van der Waals surface area contributed by atoms with Crippen molar-refractivity contribution in [3.63, 3.8) is 0 Å². The standard InChI is InChI=1S/C14H27N/c1-4-12-6-5-7-13(10-12)15-11(2)14(3)8-9-14/h11-13,15H,4-10H2,1-3H3. The molecule has 0 heterocycles. The van der Waals surface area contributed by atoms with Gasteiger partial charge in [-0.25, -0.2) is 0 Å². The smallest absolute Gasteiger partial charge is 0.00951 e. The molecule has 0 aromatic heterocycles. The summed E-state index contributed by atoms with van der Waals surface area (Å²) in [5.41, 5.74) is 0.638. The molecule has 3 unspecified atom stereocenters. The van der Waals surface area contributed by atoms with Gasteiger partial charge in [0.15, 0.2) is 0 Å². The fourth-order valence-corrected chi connectivity index (χ4v) is 3.00. The third-order valence-corrected chi connectivity index (χ3v) is 4.93. The molecule has 0 spiro atoms. The predicted molar refractivity (Wildman–Crippen MR) is 66.0 cm³/mol. The maximum Gasteiger partial charge on any atom is 0.00951 e. The van der Waals surface area contributed by atoms with E-state index in [9.17, 15) is 0 Å². The quantitative estimate of drug-likeness (QED) is 0.744. The third-order valence-electron chi connectivity index (χ3n) is 4.93. The molecule has 2 rings (SSSR count). The average Bonchev–Trinajstić information content (AvgIpc) is 2.98. The zero-order valence-corrected chi connectivity index (χ0v) is 10.7. The van der Waals surface area contributed by atoms with Crippen LogP contribution in [0, 0.1) is 11.3 Å². The van der Waals surface area contributed by atoms with E-state index in [1.165, 1.54) is 44.9 Å². The fourth-order valence-electron chi connectivity index (χ4n) is 3.00. The lowest BCUT2D eigenvalue weighted by atomic mass is 9.83. The molecule has 88 valence electrons. The minimum absolute atomic E-state index is 0.638. The van der Waals surface area contributed by atoms with E-state index in [2.05, 4.69) is 26.1 Å². The van der Waals surface area contributed by atoms with E-state index in [0.29, 0.717) is 5.41 Å². The molecule has 0 aromatic carbocycles. The van der Waals surface area contributed by atoms with Crippen molar-refractivity contribution in [3.8, 4) is 0 Å². The minimum atomic E-state index is 0.638. The van der Waals surface area contributed by atoms with Crippen LogP contribution in [0.25, 0.3) is 0 Å². The summed E-state index contributed by atoms with van der Waals surface area (Å²) in [4.78, 5) is 0. The first-order valence-corrected chi connectivity index (χ1v) is 6.90. The van der Waals surface area contributed by atoms with Crippen LogP contribution in [-0.2, 0) is 0 Å². The van der Waals surface area contributed by atoms with E-state index in [1.807, 2.05) is 0 Å². The van der Waals surface area contributed by atoms with Crippen LogP contribution < -0.4 is 5.32 Å². The van der Waals surface area contributed by atoms with Gasteiger partial charge >= 0.3 is 0 Å². The SMILES string of the molecule is CCC1CCCC(NC(C)C2(C)CC2)C1. The molecule has 15 heavy (non-hydrogen) atoms. The number of hydrogen-bond donors (Lipinski definition) is 1. The summed E-state index contributed by atoms with van der Waals surface area (Å²) in [6.45, 7) is 7.17. The molecular weight excluding hydrogens is 182 g/mol. The highest BCUT2D eigenvalue weighted by Crippen LogP contribution is 2.48. The van der Waals surface area contributed by atoms with Gasteiger partial charge in [0.1, 0.15) is 0 Å². The van der Waals surface area contributed by atoms with Gasteiger partial charge in [-0.3, -0.25) is 0 Å². The Bertz CT molecular complexity index is 207. The van der Waals surface area contributed by atoms with Gasteiger partial charge in [-0.15, -0.1) is 0 Å². The second kappa shape index (κ2) is 4.45. The molecule has 0 amide bonds. The van der Waals surface area contributed by atoms with Crippen molar-refractivity contribution < 1.29 is 0 Å². The Morgan fingerprint density at radius 2 is 2.07 bits per heavy atom. The number of hydrogen-bond acceptors (Lipinski definition) is 1. The van der Waals surface area contributed by atoms with E-state index in [4.69, 9.17) is 0 Å². The second-order valence-corrected chi connectivity index (χ2v) is 6.18. The molecule has 0 aliphatic heterocycles. The van der Waals surface area contributed by atoms with E-state index in [1.54, 1.807) is 0 Å². The monoisotopic (exact) mass is 209 g/mol. The Hall–Kier alpha value is -0.0400. The molecule has 3 atom stereocenters. The molecule has 0 aromatic rings. The van der Waals surface area contributed by atoms with Crippen LogP contribution in [-0.4, -0.2) is 12.1 Å². The normalized spacial score (nSPS) is 36.2. The van der Waals surface area contributed by atoms with Crippen LogP contribution in [0.1, 0.15) is 65.7 Å². The molecule has 0 radical (unpaired) electrons. The van der Waals surface area contributed by atoms with E-state index < -0.39 is 0 Å². The molecule has 2 aliphatic carbocycles. The van der Waals surface area contributed by atoms with Crippen LogP contribution in [0.5, 0.6) is 0 Å². The lowest BCUT2D eigenvalue weighted by Crippen LogP contribution is -2.43. The van der Waals surface area contributed by atoms with E-state index >= 15 is 0 Å². The van der Waals surface area contributed by atoms with Crippen molar-refractivity contribution in [3.05, 3.63) is 0 Å². The summed E-state index contributed by atoms with van der Waals surface area (Å²) < 4.78 is 0. The van der Waals surface area contributed by atoms with Crippen LogP contribution in [0.15, 0.2) is 0 Å². The lowest BCUT2D eigenvalue weighted by Gasteiger charge is -2.33. The van der Waals surface area contributed by atoms with Gasteiger partial charge in [-0.05, 0) is 43.9 Å². The van der Waals surface area contributed by atoms with E-state index in [0.717, 1.165) is 18.0 Å². The number of nitrogens with one attached hydrogen (secondary N) is 1. The molecule has 1 N–H and O–H groups in total. The van der Waals surface area contributed by atoms with E-state index in [-0.39, 0.29) is 0 Å². The third kappa shape index (κ3) is 2.75. The molecule has 0 saturated heterocycles. The summed E-state index contributed by atoms with van der Waals surface area (Å²) in [6, 6.07) is 1.55. The first-order valence-electron chi connectivity index (χ1n) is 6.90. The van der Waals surface area contributed by atoms with Gasteiger partial charge in [-0.2, -0.15) is 0 Å². The van der Waals surface area contributed by atoms with Crippen molar-refractivity contribution in [2.75, 3.05) is 0 Å². The van der Waals surface area contributed by atoms with Crippen LogP contribution >= 0.6 is 0 Å². The maximum atomic E-state index is 3.89. The zero-order chi connectivity index (χ0) is 10.9. The summed E-state index contributed by atoms with van der Waals surface area (Å²) in [5, 5.41) is 3.89. The lowest BCUT2D eigenvalue weighted by molar-refractivity contribution is 0.239. The van der Waals surface area contributed by atoms with Crippen molar-refractivity contribution in [2.45, 2.75) is 77.8 Å². The summed E-state index contributed by atoms with van der Waals surface area (Å²) >= 11 is 0. The minimum Gasteiger partial charge on any atom is -0.311 e. The van der Waals surface area contributed by atoms with Gasteiger partial charge in [-0.1, -0.05) is 33.1 Å². The highest BCUT2D eigenvalue weighted by atomic mass is 15.0. The van der Waals surface area contributed by atoms with Gasteiger partial charge in [0.05, 0.1) is 0 Å². The Morgan fingerprint density at radius 3 is 2.67 bits per heavy atom. The maximum absolute atomic E-state index is 3.89. The van der Waals surface area contributed by atoms with Crippen LogP contribution in [0.4, 0.5) is 0 Å². The highest BCUT2D eigenvalue weighted by Gasteiger charge is 2.43. The second-order valence-electron chi connectivity index (χ2n) is 6.18. The Labute approximate surface area is 95.0 Å². The van der Waals surface area contributed by atoms with Gasteiger partial charge in [0.25, 0.3) is 0 Å². The summed E-state index contributed by atoms with van der Waals surface area (Å²) in [7, 11) is 0. The van der Waals surface area contributed by atoms with Gasteiger partial charge in [0.2, 0.25) is 0 Å².